The molecule has 1 amide bonds. The molecular formula is C14H16Cl3NO2. The van der Waals surface area contributed by atoms with E-state index in [0.29, 0.717) is 0 Å². The number of hydrogen-bond acceptors (Lipinski definition) is 2. The Kier molecular flexibility index (Phi) is 3.70. The van der Waals surface area contributed by atoms with Gasteiger partial charge in [-0.1, -0.05) is 30.1 Å². The molecule has 6 heteroatoms. The van der Waals surface area contributed by atoms with Crippen molar-refractivity contribution in [2.24, 2.45) is 0 Å². The van der Waals surface area contributed by atoms with E-state index in [4.69, 9.17) is 41.7 Å². The van der Waals surface area contributed by atoms with Crippen LogP contribution in [-0.2, 0) is 4.79 Å². The number of carbonyl (C=O) groups excluding carboxylic acids is 2. The third-order valence-corrected chi connectivity index (χ3v) is 3.78. The van der Waals surface area contributed by atoms with Gasteiger partial charge in [-0.15, -0.1) is 11.6 Å². The van der Waals surface area contributed by atoms with Gasteiger partial charge >= 0.3 is 0 Å². The Morgan fingerprint density at radius 3 is 2.35 bits per heavy atom. The maximum Gasteiger partial charge on any atom is 0.252 e. The van der Waals surface area contributed by atoms with E-state index in [-0.39, 0.29) is 12.3 Å². The van der Waals surface area contributed by atoms with Crippen LogP contribution in [0.25, 0.3) is 0 Å². The van der Waals surface area contributed by atoms with Gasteiger partial charge in [0.1, 0.15) is 0 Å². The number of hydrogen-bond donors (Lipinski definition) is 1. The summed E-state index contributed by atoms with van der Waals surface area (Å²) in [6.45, 7) is 0.371. The van der Waals surface area contributed by atoms with Crippen molar-refractivity contribution in [1.82, 2.24) is 5.32 Å². The van der Waals surface area contributed by atoms with E-state index >= 15 is 0 Å². The van der Waals surface area contributed by atoms with Crippen LogP contribution in [0.3, 0.4) is 0 Å². The number of benzene rings is 1. The molecule has 1 unspecified atom stereocenters. The zero-order valence-corrected chi connectivity index (χ0v) is 13.1. The maximum absolute atomic E-state index is 12.5. The molecule has 1 aromatic carbocycles. The summed E-state index contributed by atoms with van der Waals surface area (Å²) in [5.74, 6) is -1.70. The zero-order chi connectivity index (χ0) is 19.7. The van der Waals surface area contributed by atoms with Gasteiger partial charge in [-0.2, -0.15) is 0 Å². The van der Waals surface area contributed by atoms with Crippen molar-refractivity contribution < 1.29 is 16.4 Å². The molecule has 20 heavy (non-hydrogen) atoms. The lowest BCUT2D eigenvalue weighted by molar-refractivity contribution is -0.122. The van der Waals surface area contributed by atoms with Crippen molar-refractivity contribution in [3.05, 3.63) is 33.3 Å². The molecule has 0 aromatic heterocycles. The number of Topliss-reactive ketones (excluding diaryl/α,β-unsaturated/α-hetero) is 1. The summed E-state index contributed by atoms with van der Waals surface area (Å²) >= 11 is 17.4. The van der Waals surface area contributed by atoms with Gasteiger partial charge in [0.05, 0.1) is 14.2 Å². The monoisotopic (exact) mass is 340 g/mol. The normalized spacial score (nSPS) is 17.9. The molecule has 1 aromatic rings. The van der Waals surface area contributed by atoms with Crippen LogP contribution in [0.15, 0.2) is 12.1 Å². The number of alkyl halides is 1. The highest BCUT2D eigenvalue weighted by Crippen LogP contribution is 2.26. The lowest BCUT2D eigenvalue weighted by Crippen LogP contribution is -2.52. The van der Waals surface area contributed by atoms with Crippen LogP contribution in [0.1, 0.15) is 43.0 Å². The molecular weight excluding hydrogens is 321 g/mol. The van der Waals surface area contributed by atoms with Gasteiger partial charge in [0.25, 0.3) is 5.91 Å². The van der Waals surface area contributed by atoms with Gasteiger partial charge in [0.2, 0.25) is 0 Å². The lowest BCUT2D eigenvalue weighted by atomic mass is 9.93. The fraction of sp³-hybridized carbons (Fsp3) is 0.429. The van der Waals surface area contributed by atoms with Gasteiger partial charge in [-0.05, 0) is 37.8 Å². The first-order chi connectivity index (χ1) is 11.3. The minimum atomic E-state index is -2.75. The van der Waals surface area contributed by atoms with Crippen molar-refractivity contribution in [1.29, 1.82) is 0 Å². The predicted octanol–water partition coefficient (Wildman–Crippen LogP) is 4.01. The molecule has 1 rings (SSSR count). The van der Waals surface area contributed by atoms with Gasteiger partial charge in [-0.3, -0.25) is 9.59 Å². The minimum absolute atomic E-state index is 0.222. The third kappa shape index (κ3) is 3.66. The molecule has 0 radical (unpaired) electrons. The van der Waals surface area contributed by atoms with Crippen molar-refractivity contribution in [3.8, 4) is 0 Å². The van der Waals surface area contributed by atoms with Gasteiger partial charge < -0.3 is 5.32 Å². The standard InChI is InChI=1S/C14H16Cl3NO2/c1-4-14(3,12(19)7-15)18-13(20)9-5-10(16)8(2)11(17)6-9/h5-6H,4,7H2,1-3H3,(H,18,20)/i2D3,5D,6D. The van der Waals surface area contributed by atoms with Crippen LogP contribution in [-0.4, -0.2) is 23.1 Å². The van der Waals surface area contributed by atoms with Crippen LogP contribution >= 0.6 is 34.8 Å². The average Bonchev–Trinajstić information content (AvgIpc) is 2.51. The molecule has 0 heterocycles. The van der Waals surface area contributed by atoms with Crippen molar-refractivity contribution >= 4 is 46.5 Å². The van der Waals surface area contributed by atoms with Crippen molar-refractivity contribution in [2.75, 3.05) is 5.88 Å². The van der Waals surface area contributed by atoms with Crippen molar-refractivity contribution in [3.63, 3.8) is 0 Å². The number of nitrogens with one attached hydrogen (secondary N) is 1. The number of ketones is 1. The molecule has 1 atom stereocenters. The Hall–Kier alpha value is -0.770. The summed E-state index contributed by atoms with van der Waals surface area (Å²) in [6.07, 6.45) is 0.222. The summed E-state index contributed by atoms with van der Waals surface area (Å²) in [5, 5.41) is 1.37. The molecule has 0 spiro atoms. The van der Waals surface area contributed by atoms with E-state index in [9.17, 15) is 9.59 Å². The third-order valence-electron chi connectivity index (χ3n) is 2.97. The number of carbonyl (C=O) groups is 2. The van der Waals surface area contributed by atoms with Crippen LogP contribution < -0.4 is 5.32 Å². The van der Waals surface area contributed by atoms with Gasteiger partial charge in [0, 0.05) is 19.7 Å². The quantitative estimate of drug-likeness (QED) is 0.823. The lowest BCUT2D eigenvalue weighted by Gasteiger charge is -2.27. The van der Waals surface area contributed by atoms with E-state index in [1.807, 2.05) is 0 Å². The Labute approximate surface area is 140 Å². The Morgan fingerprint density at radius 2 is 1.95 bits per heavy atom. The van der Waals surface area contributed by atoms with E-state index < -0.39 is 57.3 Å². The fourth-order valence-corrected chi connectivity index (χ4v) is 2.12. The molecule has 3 nitrogen and oxygen atoms in total. The smallest absolute Gasteiger partial charge is 0.252 e. The zero-order valence-electron chi connectivity index (χ0n) is 15.9. The summed E-state index contributed by atoms with van der Waals surface area (Å²) in [5.41, 5.74) is -2.37. The van der Waals surface area contributed by atoms with E-state index in [1.165, 1.54) is 6.92 Å². The van der Waals surface area contributed by atoms with E-state index in [2.05, 4.69) is 5.32 Å². The molecule has 0 bridgehead atoms. The predicted molar refractivity (Wildman–Crippen MR) is 83.1 cm³/mol. The van der Waals surface area contributed by atoms with E-state index in [0.717, 1.165) is 0 Å². The fourth-order valence-electron chi connectivity index (χ4n) is 1.40. The minimum Gasteiger partial charge on any atom is -0.340 e. The first kappa shape index (κ1) is 10.9. The largest absolute Gasteiger partial charge is 0.340 e. The van der Waals surface area contributed by atoms with Crippen LogP contribution in [0.5, 0.6) is 0 Å². The molecule has 0 aliphatic carbocycles. The first-order valence-electron chi connectivity index (χ1n) is 8.22. The second kappa shape index (κ2) is 6.79. The summed E-state index contributed by atoms with van der Waals surface area (Å²) in [4.78, 5) is 24.5. The highest BCUT2D eigenvalue weighted by molar-refractivity contribution is 6.36. The Balaban J connectivity index is 3.50. The highest BCUT2D eigenvalue weighted by atomic mass is 35.5. The molecule has 0 aliphatic heterocycles. The number of amides is 1. The maximum atomic E-state index is 12.5. The topological polar surface area (TPSA) is 46.2 Å². The molecule has 0 saturated carbocycles. The Bertz CT molecular complexity index is 694. The van der Waals surface area contributed by atoms with Crippen LogP contribution in [0.2, 0.25) is 10.0 Å². The SMILES string of the molecule is [2H]c1c(Cl)c(C([2H])([2H])[2H])c(Cl)c([2H])c1C(=O)NC(C)(CC)C(=O)CCl. The van der Waals surface area contributed by atoms with Crippen LogP contribution in [0.4, 0.5) is 0 Å². The second-order valence-electron chi connectivity index (χ2n) is 4.32. The van der Waals surface area contributed by atoms with Crippen molar-refractivity contribution in [2.45, 2.75) is 32.7 Å². The second-order valence-corrected chi connectivity index (χ2v) is 5.35. The molecule has 0 aliphatic rings. The molecule has 110 valence electrons. The molecule has 0 fully saturated rings. The summed E-state index contributed by atoms with van der Waals surface area (Å²) < 4.78 is 38.2. The summed E-state index contributed by atoms with van der Waals surface area (Å²) in [7, 11) is 0. The van der Waals surface area contributed by atoms with Gasteiger partial charge in [-0.25, -0.2) is 0 Å². The average molecular weight is 342 g/mol. The highest BCUT2D eigenvalue weighted by Gasteiger charge is 2.32. The first-order valence-corrected chi connectivity index (χ1v) is 7.01. The Morgan fingerprint density at radius 1 is 1.40 bits per heavy atom. The van der Waals surface area contributed by atoms with Gasteiger partial charge in [0.15, 0.2) is 5.78 Å². The number of halogens is 3. The summed E-state index contributed by atoms with van der Waals surface area (Å²) in [6, 6.07) is -1.28. The van der Waals surface area contributed by atoms with E-state index in [1.54, 1.807) is 6.92 Å². The number of rotatable bonds is 5. The molecule has 1 N–H and O–H groups in total. The molecule has 0 saturated heterocycles. The van der Waals surface area contributed by atoms with Crippen LogP contribution in [0, 0.1) is 6.85 Å².